The van der Waals surface area contributed by atoms with Crippen LogP contribution in [0.5, 0.6) is 0 Å². The van der Waals surface area contributed by atoms with E-state index in [0.717, 1.165) is 38.4 Å². The Balaban J connectivity index is 1.50. The first kappa shape index (κ1) is 19.7. The molecule has 1 N–H and O–H groups in total. The van der Waals surface area contributed by atoms with Crippen molar-refractivity contribution in [2.24, 2.45) is 0 Å². The zero-order chi connectivity index (χ0) is 21.9. The van der Waals surface area contributed by atoms with Gasteiger partial charge in [0, 0.05) is 41.7 Å². The lowest BCUT2D eigenvalue weighted by molar-refractivity contribution is -0.0429. The van der Waals surface area contributed by atoms with Gasteiger partial charge in [-0.15, -0.1) is 0 Å². The van der Waals surface area contributed by atoms with E-state index in [1.54, 1.807) is 0 Å². The smallest absolute Gasteiger partial charge is 0.322 e. The van der Waals surface area contributed by atoms with Crippen molar-refractivity contribution in [2.75, 3.05) is 41.9 Å². The summed E-state index contributed by atoms with van der Waals surface area (Å²) in [5.74, 6) is 1.34. The van der Waals surface area contributed by atoms with Gasteiger partial charge < -0.3 is 15.0 Å². The molecule has 1 spiro atoms. The van der Waals surface area contributed by atoms with E-state index in [1.165, 1.54) is 0 Å². The van der Waals surface area contributed by atoms with Crippen LogP contribution in [0.25, 0.3) is 10.9 Å². The third-order valence-electron chi connectivity index (χ3n) is 6.61. The largest absolute Gasteiger partial charge is 0.376 e. The van der Waals surface area contributed by atoms with E-state index in [9.17, 15) is 9.00 Å². The van der Waals surface area contributed by atoms with E-state index >= 15 is 0 Å². The first-order valence-corrected chi connectivity index (χ1v) is 12.1. The molecular weight excluding hydrogens is 424 g/mol. The minimum Gasteiger partial charge on any atom is -0.376 e. The summed E-state index contributed by atoms with van der Waals surface area (Å²) < 4.78 is 18.3. The van der Waals surface area contributed by atoms with Gasteiger partial charge in [0.1, 0.15) is 11.4 Å². The molecule has 2 saturated heterocycles. The lowest BCUT2D eigenvalue weighted by Crippen LogP contribution is -2.61. The lowest BCUT2D eigenvalue weighted by atomic mass is 9.95. The van der Waals surface area contributed by atoms with Crippen LogP contribution in [-0.2, 0) is 22.1 Å². The number of nitrogens with one attached hydrogen (secondary N) is 1. The van der Waals surface area contributed by atoms with E-state index in [4.69, 9.17) is 9.72 Å². The minimum absolute atomic E-state index is 0.101. The maximum Gasteiger partial charge on any atom is 0.322 e. The molecule has 2 fully saturated rings. The zero-order valence-electron chi connectivity index (χ0n) is 17.8. The highest BCUT2D eigenvalue weighted by Gasteiger charge is 2.52. The summed E-state index contributed by atoms with van der Waals surface area (Å²) in [5, 5.41) is 3.96. The Bertz CT molecular complexity index is 1270. The number of hydrogen-bond acceptors (Lipinski definition) is 5. The summed E-state index contributed by atoms with van der Waals surface area (Å²) in [6, 6.07) is 16.0. The Labute approximate surface area is 188 Å². The number of aromatic nitrogens is 1. The number of pyridine rings is 1. The van der Waals surface area contributed by atoms with Crippen LogP contribution in [0.15, 0.2) is 53.4 Å². The Morgan fingerprint density at radius 3 is 2.81 bits per heavy atom. The average molecular weight is 449 g/mol. The molecule has 6 rings (SSSR count). The van der Waals surface area contributed by atoms with Crippen molar-refractivity contribution in [1.29, 1.82) is 0 Å². The van der Waals surface area contributed by atoms with Crippen LogP contribution in [-0.4, -0.2) is 52.8 Å². The third kappa shape index (κ3) is 3.01. The van der Waals surface area contributed by atoms with Crippen molar-refractivity contribution in [3.63, 3.8) is 0 Å². The number of ether oxygens (including phenoxy) is 1. The highest BCUT2D eigenvalue weighted by atomic mass is 32.2. The molecule has 8 heteroatoms. The molecule has 4 heterocycles. The standard InChI is InChI=1S/C24H24N4O3S/c1-16-6-7-19-18(10-16)20(28-23(29)25-13-24(28)14-31-15-24)11-22(26-19)27-8-9-32(30)21-5-3-2-4-17(21)12-27/h2-7,10-11H,8-9,12-15H2,1H3,(H,25,29). The molecule has 1 atom stereocenters. The van der Waals surface area contributed by atoms with Crippen LogP contribution in [0.2, 0.25) is 0 Å². The molecule has 3 aromatic rings. The maximum absolute atomic E-state index is 12.9. The number of anilines is 2. The first-order chi connectivity index (χ1) is 15.5. The molecule has 2 amide bonds. The van der Waals surface area contributed by atoms with E-state index < -0.39 is 10.8 Å². The molecule has 7 nitrogen and oxygen atoms in total. The van der Waals surface area contributed by atoms with Gasteiger partial charge >= 0.3 is 6.03 Å². The molecule has 3 aliphatic rings. The number of hydrogen-bond donors (Lipinski definition) is 1. The van der Waals surface area contributed by atoms with Crippen LogP contribution < -0.4 is 15.1 Å². The number of benzene rings is 2. The highest BCUT2D eigenvalue weighted by Crippen LogP contribution is 2.40. The van der Waals surface area contributed by atoms with Crippen molar-refractivity contribution in [3.8, 4) is 0 Å². The quantitative estimate of drug-likeness (QED) is 0.653. The average Bonchev–Trinajstić information content (AvgIpc) is 3.04. The van der Waals surface area contributed by atoms with Gasteiger partial charge in [-0.05, 0) is 30.7 Å². The fourth-order valence-electron chi connectivity index (χ4n) is 4.84. The van der Waals surface area contributed by atoms with Gasteiger partial charge in [0.05, 0.1) is 35.2 Å². The van der Waals surface area contributed by atoms with E-state index in [1.807, 2.05) is 54.3 Å². The Hall–Kier alpha value is -2.97. The van der Waals surface area contributed by atoms with Crippen molar-refractivity contribution < 1.29 is 13.7 Å². The molecule has 1 aromatic heterocycles. The zero-order valence-corrected chi connectivity index (χ0v) is 18.7. The monoisotopic (exact) mass is 448 g/mol. The summed E-state index contributed by atoms with van der Waals surface area (Å²) >= 11 is 0. The number of urea groups is 1. The molecule has 3 aliphatic heterocycles. The second-order valence-corrected chi connectivity index (χ2v) is 10.3. The predicted molar refractivity (Wildman–Crippen MR) is 125 cm³/mol. The number of carbonyl (C=O) groups excluding carboxylic acids is 1. The molecule has 1 unspecified atom stereocenters. The van der Waals surface area contributed by atoms with E-state index in [-0.39, 0.29) is 11.6 Å². The maximum atomic E-state index is 12.9. The minimum atomic E-state index is -1.04. The molecule has 164 valence electrons. The Morgan fingerprint density at radius 2 is 2.00 bits per heavy atom. The third-order valence-corrected chi connectivity index (χ3v) is 8.05. The van der Waals surface area contributed by atoms with Crippen molar-refractivity contribution in [1.82, 2.24) is 10.3 Å². The van der Waals surface area contributed by atoms with Crippen LogP contribution >= 0.6 is 0 Å². The van der Waals surface area contributed by atoms with Crippen LogP contribution in [0, 0.1) is 6.92 Å². The Morgan fingerprint density at radius 1 is 1.16 bits per heavy atom. The van der Waals surface area contributed by atoms with Gasteiger partial charge in [-0.1, -0.05) is 29.8 Å². The van der Waals surface area contributed by atoms with Crippen molar-refractivity contribution in [2.45, 2.75) is 23.9 Å². The van der Waals surface area contributed by atoms with E-state index in [0.29, 0.717) is 38.6 Å². The fraction of sp³-hybridized carbons (Fsp3) is 0.333. The highest BCUT2D eigenvalue weighted by molar-refractivity contribution is 7.85. The number of carbonyl (C=O) groups is 1. The van der Waals surface area contributed by atoms with Gasteiger partial charge in [0.15, 0.2) is 0 Å². The summed E-state index contributed by atoms with van der Waals surface area (Å²) in [6.45, 7) is 4.93. The van der Waals surface area contributed by atoms with Gasteiger partial charge in [0.25, 0.3) is 0 Å². The number of nitrogens with zero attached hydrogens (tertiary/aromatic N) is 3. The molecule has 0 bridgehead atoms. The normalized spacial score (nSPS) is 21.9. The second kappa shape index (κ2) is 7.28. The second-order valence-electron chi connectivity index (χ2n) is 8.81. The predicted octanol–water partition coefficient (Wildman–Crippen LogP) is 2.97. The Kier molecular flexibility index (Phi) is 4.48. The van der Waals surface area contributed by atoms with Gasteiger partial charge in [-0.3, -0.25) is 9.11 Å². The van der Waals surface area contributed by atoms with Crippen LogP contribution in [0.4, 0.5) is 16.3 Å². The van der Waals surface area contributed by atoms with E-state index in [2.05, 4.69) is 16.3 Å². The van der Waals surface area contributed by atoms with Crippen LogP contribution in [0.1, 0.15) is 11.1 Å². The molecule has 0 radical (unpaired) electrons. The van der Waals surface area contributed by atoms with Gasteiger partial charge in [-0.2, -0.15) is 0 Å². The molecular formula is C24H24N4O3S. The van der Waals surface area contributed by atoms with Gasteiger partial charge in [0.2, 0.25) is 0 Å². The summed E-state index contributed by atoms with van der Waals surface area (Å²) in [5.41, 5.74) is 3.52. The number of fused-ring (bicyclic) bond motifs is 2. The molecule has 0 saturated carbocycles. The molecule has 32 heavy (non-hydrogen) atoms. The topological polar surface area (TPSA) is 74.8 Å². The van der Waals surface area contributed by atoms with Gasteiger partial charge in [-0.25, -0.2) is 9.78 Å². The lowest BCUT2D eigenvalue weighted by Gasteiger charge is -2.44. The summed E-state index contributed by atoms with van der Waals surface area (Å²) in [6.07, 6.45) is 0. The SMILES string of the molecule is Cc1ccc2nc(N3CCS(=O)c4ccccc4C3)cc(N3C(=O)NCC34COC4)c2c1. The van der Waals surface area contributed by atoms with Crippen molar-refractivity contribution >= 4 is 39.2 Å². The van der Waals surface area contributed by atoms with Crippen LogP contribution in [0.3, 0.4) is 0 Å². The first-order valence-electron chi connectivity index (χ1n) is 10.8. The number of aryl methyl sites for hydroxylation is 1. The molecule has 0 aliphatic carbocycles. The summed E-state index contributed by atoms with van der Waals surface area (Å²) in [7, 11) is -1.04. The number of amides is 2. The van der Waals surface area contributed by atoms with Crippen molar-refractivity contribution in [3.05, 3.63) is 59.7 Å². The molecule has 2 aromatic carbocycles. The number of rotatable bonds is 2. The fourth-order valence-corrected chi connectivity index (χ4v) is 6.10. The summed E-state index contributed by atoms with van der Waals surface area (Å²) in [4.78, 5) is 22.9.